The Balaban J connectivity index is 1.58. The SMILES string of the molecule is CCCCNC(=O)C(Cc1ccccc1)N(Cc1ccccc1C)C(=O)CCc1ccc2c(c1)OCO2. The quantitative estimate of drug-likeness (QED) is 0.347. The molecule has 6 nitrogen and oxygen atoms in total. The predicted octanol–water partition coefficient (Wildman–Crippen LogP) is 5.21. The Hall–Kier alpha value is -3.80. The standard InChI is InChI=1S/C31H36N2O4/c1-3-4-18-32-31(35)27(19-24-11-6-5-7-12-24)33(21-26-13-9-8-10-23(26)2)30(34)17-15-25-14-16-28-29(20-25)37-22-36-28/h5-14,16,20,27H,3-4,15,17-19,21-22H2,1-2H3,(H,32,35). The number of carbonyl (C=O) groups excluding carboxylic acids is 2. The van der Waals surface area contributed by atoms with Gasteiger partial charge in [-0.1, -0.05) is 74.0 Å². The fourth-order valence-corrected chi connectivity index (χ4v) is 4.52. The van der Waals surface area contributed by atoms with Crippen LogP contribution in [0.4, 0.5) is 0 Å². The van der Waals surface area contributed by atoms with Gasteiger partial charge in [0.25, 0.3) is 0 Å². The number of rotatable bonds is 12. The molecule has 0 radical (unpaired) electrons. The van der Waals surface area contributed by atoms with Crippen LogP contribution in [0.15, 0.2) is 72.8 Å². The van der Waals surface area contributed by atoms with Crippen LogP contribution in [0.5, 0.6) is 11.5 Å². The molecule has 1 N–H and O–H groups in total. The van der Waals surface area contributed by atoms with Crippen molar-refractivity contribution >= 4 is 11.8 Å². The predicted molar refractivity (Wildman–Crippen MR) is 144 cm³/mol. The molecule has 3 aromatic carbocycles. The summed E-state index contributed by atoms with van der Waals surface area (Å²) in [6.07, 6.45) is 3.19. The Bertz CT molecular complexity index is 1190. The lowest BCUT2D eigenvalue weighted by atomic mass is 10.00. The van der Waals surface area contributed by atoms with Crippen LogP contribution in [0.2, 0.25) is 0 Å². The Morgan fingerprint density at radius 1 is 0.946 bits per heavy atom. The van der Waals surface area contributed by atoms with Gasteiger partial charge >= 0.3 is 0 Å². The molecule has 6 heteroatoms. The molecule has 1 atom stereocenters. The average Bonchev–Trinajstić information content (AvgIpc) is 3.39. The van der Waals surface area contributed by atoms with E-state index in [-0.39, 0.29) is 18.6 Å². The maximum Gasteiger partial charge on any atom is 0.243 e. The maximum atomic E-state index is 13.8. The van der Waals surface area contributed by atoms with E-state index in [0.29, 0.717) is 38.1 Å². The first-order valence-electron chi connectivity index (χ1n) is 13.1. The number of fused-ring (bicyclic) bond motifs is 1. The summed E-state index contributed by atoms with van der Waals surface area (Å²) in [6, 6.07) is 23.1. The van der Waals surface area contributed by atoms with Crippen molar-refractivity contribution in [2.24, 2.45) is 0 Å². The third-order valence-electron chi connectivity index (χ3n) is 6.77. The molecule has 1 aliphatic heterocycles. The summed E-state index contributed by atoms with van der Waals surface area (Å²) >= 11 is 0. The Morgan fingerprint density at radius 3 is 2.49 bits per heavy atom. The van der Waals surface area contributed by atoms with Gasteiger partial charge in [-0.05, 0) is 54.2 Å². The zero-order chi connectivity index (χ0) is 26.0. The molecule has 0 saturated carbocycles. The molecular weight excluding hydrogens is 464 g/mol. The Labute approximate surface area is 219 Å². The van der Waals surface area contributed by atoms with Crippen molar-refractivity contribution in [1.82, 2.24) is 10.2 Å². The molecule has 0 fully saturated rings. The second-order valence-corrected chi connectivity index (χ2v) is 9.49. The molecule has 0 aliphatic carbocycles. The summed E-state index contributed by atoms with van der Waals surface area (Å²) in [5.41, 5.74) is 4.16. The van der Waals surface area contributed by atoms with Gasteiger partial charge in [-0.25, -0.2) is 0 Å². The highest BCUT2D eigenvalue weighted by atomic mass is 16.7. The molecule has 4 rings (SSSR count). The van der Waals surface area contributed by atoms with Crippen molar-refractivity contribution < 1.29 is 19.1 Å². The van der Waals surface area contributed by atoms with Gasteiger partial charge in [-0.2, -0.15) is 0 Å². The minimum Gasteiger partial charge on any atom is -0.454 e. The number of hydrogen-bond acceptors (Lipinski definition) is 4. The molecule has 3 aromatic rings. The number of ether oxygens (including phenoxy) is 2. The molecule has 0 spiro atoms. The lowest BCUT2D eigenvalue weighted by molar-refractivity contribution is -0.141. The third-order valence-corrected chi connectivity index (χ3v) is 6.77. The van der Waals surface area contributed by atoms with Gasteiger partial charge < -0.3 is 19.7 Å². The van der Waals surface area contributed by atoms with Crippen LogP contribution in [0, 0.1) is 6.92 Å². The van der Waals surface area contributed by atoms with Crippen molar-refractivity contribution in [3.8, 4) is 11.5 Å². The molecule has 37 heavy (non-hydrogen) atoms. The van der Waals surface area contributed by atoms with Crippen LogP contribution in [-0.2, 0) is 29.0 Å². The summed E-state index contributed by atoms with van der Waals surface area (Å²) in [6.45, 7) is 5.33. The Kier molecular flexibility index (Phi) is 9.19. The van der Waals surface area contributed by atoms with Crippen LogP contribution in [0.1, 0.15) is 48.4 Å². The minimum atomic E-state index is -0.608. The normalized spacial score (nSPS) is 12.7. The number of hydrogen-bond donors (Lipinski definition) is 1. The van der Waals surface area contributed by atoms with E-state index in [0.717, 1.165) is 40.8 Å². The highest BCUT2D eigenvalue weighted by molar-refractivity contribution is 5.88. The number of nitrogens with zero attached hydrogens (tertiary/aromatic N) is 1. The molecule has 194 valence electrons. The van der Waals surface area contributed by atoms with Gasteiger partial charge in [0.2, 0.25) is 18.6 Å². The lowest BCUT2D eigenvalue weighted by Crippen LogP contribution is -2.50. The fraction of sp³-hybridized carbons (Fsp3) is 0.355. The van der Waals surface area contributed by atoms with Crippen LogP contribution in [-0.4, -0.2) is 36.1 Å². The van der Waals surface area contributed by atoms with E-state index in [1.165, 1.54) is 0 Å². The van der Waals surface area contributed by atoms with E-state index in [1.54, 1.807) is 4.90 Å². The van der Waals surface area contributed by atoms with Gasteiger partial charge in [-0.3, -0.25) is 9.59 Å². The van der Waals surface area contributed by atoms with E-state index in [1.807, 2.05) is 79.7 Å². The highest BCUT2D eigenvalue weighted by Crippen LogP contribution is 2.33. The molecular formula is C31H36N2O4. The van der Waals surface area contributed by atoms with E-state index in [4.69, 9.17) is 9.47 Å². The van der Waals surface area contributed by atoms with Crippen molar-refractivity contribution in [3.05, 3.63) is 95.1 Å². The minimum absolute atomic E-state index is 0.0486. The number of benzene rings is 3. The first-order valence-corrected chi connectivity index (χ1v) is 13.1. The van der Waals surface area contributed by atoms with Crippen molar-refractivity contribution in [1.29, 1.82) is 0 Å². The van der Waals surface area contributed by atoms with Crippen LogP contribution >= 0.6 is 0 Å². The van der Waals surface area contributed by atoms with E-state index in [9.17, 15) is 9.59 Å². The number of nitrogens with one attached hydrogen (secondary N) is 1. The fourth-order valence-electron chi connectivity index (χ4n) is 4.52. The lowest BCUT2D eigenvalue weighted by Gasteiger charge is -2.32. The first kappa shape index (κ1) is 26.3. The molecule has 0 aromatic heterocycles. The molecule has 0 bridgehead atoms. The van der Waals surface area contributed by atoms with Gasteiger partial charge in [0.15, 0.2) is 11.5 Å². The topological polar surface area (TPSA) is 67.9 Å². The maximum absolute atomic E-state index is 13.8. The van der Waals surface area contributed by atoms with Gasteiger partial charge in [-0.15, -0.1) is 0 Å². The number of aryl methyl sites for hydroxylation is 2. The smallest absolute Gasteiger partial charge is 0.243 e. The zero-order valence-electron chi connectivity index (χ0n) is 21.7. The molecule has 1 heterocycles. The summed E-state index contributed by atoms with van der Waals surface area (Å²) in [7, 11) is 0. The molecule has 2 amide bonds. The first-order chi connectivity index (χ1) is 18.0. The van der Waals surface area contributed by atoms with E-state index < -0.39 is 6.04 Å². The molecule has 1 aliphatic rings. The average molecular weight is 501 g/mol. The van der Waals surface area contributed by atoms with Crippen LogP contribution in [0.25, 0.3) is 0 Å². The second-order valence-electron chi connectivity index (χ2n) is 9.49. The van der Waals surface area contributed by atoms with Crippen molar-refractivity contribution in [2.45, 2.75) is 58.5 Å². The van der Waals surface area contributed by atoms with Gasteiger partial charge in [0.05, 0.1) is 0 Å². The second kappa shape index (κ2) is 12.9. The Morgan fingerprint density at radius 2 is 1.70 bits per heavy atom. The zero-order valence-corrected chi connectivity index (χ0v) is 21.7. The monoisotopic (exact) mass is 500 g/mol. The summed E-state index contributed by atoms with van der Waals surface area (Å²) in [4.78, 5) is 29.1. The van der Waals surface area contributed by atoms with E-state index >= 15 is 0 Å². The van der Waals surface area contributed by atoms with Gasteiger partial charge in [0.1, 0.15) is 6.04 Å². The number of carbonyl (C=O) groups is 2. The van der Waals surface area contributed by atoms with Crippen molar-refractivity contribution in [2.75, 3.05) is 13.3 Å². The molecule has 0 saturated heterocycles. The largest absolute Gasteiger partial charge is 0.454 e. The highest BCUT2D eigenvalue weighted by Gasteiger charge is 2.30. The van der Waals surface area contributed by atoms with Crippen LogP contribution in [0.3, 0.4) is 0 Å². The van der Waals surface area contributed by atoms with E-state index in [2.05, 4.69) is 12.2 Å². The third kappa shape index (κ3) is 7.13. The van der Waals surface area contributed by atoms with Gasteiger partial charge in [0, 0.05) is 25.9 Å². The summed E-state index contributed by atoms with van der Waals surface area (Å²) in [5.74, 6) is 1.27. The molecule has 1 unspecified atom stereocenters. The van der Waals surface area contributed by atoms with Crippen molar-refractivity contribution in [3.63, 3.8) is 0 Å². The summed E-state index contributed by atoms with van der Waals surface area (Å²) in [5, 5.41) is 3.08. The summed E-state index contributed by atoms with van der Waals surface area (Å²) < 4.78 is 10.9. The van der Waals surface area contributed by atoms with Crippen LogP contribution < -0.4 is 14.8 Å². The number of unbranched alkanes of at least 4 members (excludes halogenated alkanes) is 1. The number of amides is 2.